The van der Waals surface area contributed by atoms with Gasteiger partial charge in [-0.3, -0.25) is 9.97 Å². The van der Waals surface area contributed by atoms with Crippen LogP contribution in [0, 0.1) is 0 Å². The van der Waals surface area contributed by atoms with Crippen LogP contribution in [0.5, 0.6) is 0 Å². The third-order valence-corrected chi connectivity index (χ3v) is 4.15. The fraction of sp³-hybridized carbons (Fsp3) is 0.125. The van der Waals surface area contributed by atoms with Gasteiger partial charge in [0.05, 0.1) is 17.1 Å². The molecule has 21 heavy (non-hydrogen) atoms. The van der Waals surface area contributed by atoms with Gasteiger partial charge < -0.3 is 5.11 Å². The van der Waals surface area contributed by atoms with E-state index < -0.39 is 6.10 Å². The number of nitrogens with zero attached hydrogens (tertiary/aromatic N) is 2. The minimum absolute atomic E-state index is 0.456. The van der Waals surface area contributed by atoms with Gasteiger partial charge in [-0.25, -0.2) is 0 Å². The van der Waals surface area contributed by atoms with Gasteiger partial charge in [-0.05, 0) is 35.4 Å². The Labute approximate surface area is 135 Å². The zero-order chi connectivity index (χ0) is 14.8. The maximum atomic E-state index is 10.4. The molecule has 1 N–H and O–H groups in total. The van der Waals surface area contributed by atoms with Crippen LogP contribution in [0.25, 0.3) is 11.0 Å². The Morgan fingerprint density at radius 3 is 2.57 bits per heavy atom. The second-order valence-corrected chi connectivity index (χ2v) is 6.08. The van der Waals surface area contributed by atoms with Gasteiger partial charge in [0, 0.05) is 28.3 Å². The molecule has 0 amide bonds. The van der Waals surface area contributed by atoms with Crippen LogP contribution in [-0.2, 0) is 6.42 Å². The maximum absolute atomic E-state index is 10.4. The maximum Gasteiger partial charge on any atom is 0.0890 e. The average molecular weight is 364 g/mol. The minimum atomic E-state index is -0.630. The summed E-state index contributed by atoms with van der Waals surface area (Å²) in [5.41, 5.74) is 3.31. The first-order chi connectivity index (χ1) is 10.1. The molecule has 1 heterocycles. The third kappa shape index (κ3) is 3.23. The number of hydrogen-bond acceptors (Lipinski definition) is 3. The summed E-state index contributed by atoms with van der Waals surface area (Å²) in [6.45, 7) is 0. The van der Waals surface area contributed by atoms with Gasteiger partial charge in [-0.1, -0.05) is 39.7 Å². The van der Waals surface area contributed by atoms with E-state index in [4.69, 9.17) is 11.6 Å². The van der Waals surface area contributed by atoms with Crippen LogP contribution in [0.1, 0.15) is 17.2 Å². The number of benzene rings is 2. The molecule has 0 spiro atoms. The molecular weight excluding hydrogens is 352 g/mol. The van der Waals surface area contributed by atoms with E-state index in [1.165, 1.54) is 0 Å². The van der Waals surface area contributed by atoms with Crippen LogP contribution >= 0.6 is 27.5 Å². The Kier molecular flexibility index (Phi) is 4.19. The number of rotatable bonds is 3. The van der Waals surface area contributed by atoms with Crippen molar-refractivity contribution >= 4 is 38.6 Å². The molecule has 3 nitrogen and oxygen atoms in total. The fourth-order valence-corrected chi connectivity index (χ4v) is 2.95. The summed E-state index contributed by atoms with van der Waals surface area (Å²) in [4.78, 5) is 8.47. The number of hydrogen-bond donors (Lipinski definition) is 1. The summed E-state index contributed by atoms with van der Waals surface area (Å²) in [7, 11) is 0. The van der Waals surface area contributed by atoms with Crippen LogP contribution in [-0.4, -0.2) is 15.1 Å². The Bertz CT molecular complexity index is 794. The molecule has 0 aliphatic rings. The van der Waals surface area contributed by atoms with Crippen LogP contribution < -0.4 is 0 Å². The third-order valence-electron chi connectivity index (χ3n) is 3.31. The molecule has 0 fully saturated rings. The lowest BCUT2D eigenvalue weighted by Crippen LogP contribution is -2.02. The van der Waals surface area contributed by atoms with Crippen molar-refractivity contribution in [3.8, 4) is 0 Å². The predicted molar refractivity (Wildman–Crippen MR) is 87.4 cm³/mol. The van der Waals surface area contributed by atoms with Crippen molar-refractivity contribution in [3.05, 3.63) is 69.4 Å². The van der Waals surface area contributed by atoms with Crippen molar-refractivity contribution in [2.75, 3.05) is 0 Å². The predicted octanol–water partition coefficient (Wildman–Crippen LogP) is 4.32. The van der Waals surface area contributed by atoms with E-state index in [2.05, 4.69) is 25.9 Å². The Morgan fingerprint density at radius 2 is 1.81 bits per heavy atom. The van der Waals surface area contributed by atoms with E-state index in [0.717, 1.165) is 26.6 Å². The van der Waals surface area contributed by atoms with Gasteiger partial charge in [-0.15, -0.1) is 0 Å². The monoisotopic (exact) mass is 362 g/mol. The first-order valence-corrected chi connectivity index (χ1v) is 7.63. The molecule has 3 rings (SSSR count). The smallest absolute Gasteiger partial charge is 0.0890 e. The molecule has 5 heteroatoms. The van der Waals surface area contributed by atoms with E-state index in [1.54, 1.807) is 12.4 Å². The highest BCUT2D eigenvalue weighted by Gasteiger charge is 2.12. The van der Waals surface area contributed by atoms with Gasteiger partial charge in [0.25, 0.3) is 0 Å². The van der Waals surface area contributed by atoms with Gasteiger partial charge in [0.15, 0.2) is 0 Å². The summed E-state index contributed by atoms with van der Waals surface area (Å²) >= 11 is 9.57. The molecule has 0 saturated carbocycles. The summed E-state index contributed by atoms with van der Waals surface area (Å²) < 4.78 is 0.923. The Hall–Kier alpha value is -1.49. The Balaban J connectivity index is 1.87. The number of aliphatic hydroxyl groups is 1. The molecule has 0 aliphatic carbocycles. The molecule has 0 radical (unpaired) electrons. The highest BCUT2D eigenvalue weighted by atomic mass is 79.9. The summed E-state index contributed by atoms with van der Waals surface area (Å²) in [6.07, 6.45) is 3.12. The summed E-state index contributed by atoms with van der Waals surface area (Å²) in [5.74, 6) is 0. The van der Waals surface area contributed by atoms with Gasteiger partial charge in [0.2, 0.25) is 0 Å². The zero-order valence-electron chi connectivity index (χ0n) is 11.0. The second kappa shape index (κ2) is 6.10. The van der Waals surface area contributed by atoms with Crippen LogP contribution in [0.2, 0.25) is 5.02 Å². The number of halogens is 2. The molecule has 0 bridgehead atoms. The largest absolute Gasteiger partial charge is 0.388 e. The van der Waals surface area contributed by atoms with E-state index in [9.17, 15) is 5.11 Å². The molecule has 106 valence electrons. The summed E-state index contributed by atoms with van der Waals surface area (Å²) in [5, 5.41) is 11.1. The van der Waals surface area contributed by atoms with E-state index in [-0.39, 0.29) is 0 Å². The molecular formula is C16H12BrClN2O. The standard InChI is InChI=1S/C16H12BrClN2O/c17-12-3-1-10(13(18)9-12)8-16(21)11-2-4-14-15(7-11)20-6-5-19-14/h1-7,9,16,21H,8H2. The highest BCUT2D eigenvalue weighted by molar-refractivity contribution is 9.10. The van der Waals surface area contributed by atoms with Crippen molar-refractivity contribution in [1.29, 1.82) is 0 Å². The number of aromatic nitrogens is 2. The van der Waals surface area contributed by atoms with Crippen molar-refractivity contribution in [2.45, 2.75) is 12.5 Å². The van der Waals surface area contributed by atoms with Crippen LogP contribution in [0.15, 0.2) is 53.3 Å². The first kappa shape index (κ1) is 14.4. The van der Waals surface area contributed by atoms with Crippen molar-refractivity contribution in [2.24, 2.45) is 0 Å². The van der Waals surface area contributed by atoms with Crippen LogP contribution in [0.4, 0.5) is 0 Å². The number of aliphatic hydroxyl groups excluding tert-OH is 1. The topological polar surface area (TPSA) is 46.0 Å². The van der Waals surface area contributed by atoms with E-state index in [0.29, 0.717) is 11.4 Å². The molecule has 1 atom stereocenters. The van der Waals surface area contributed by atoms with E-state index in [1.807, 2.05) is 36.4 Å². The highest BCUT2D eigenvalue weighted by Crippen LogP contribution is 2.27. The Morgan fingerprint density at radius 1 is 1.05 bits per heavy atom. The van der Waals surface area contributed by atoms with Crippen molar-refractivity contribution in [1.82, 2.24) is 9.97 Å². The fourth-order valence-electron chi connectivity index (χ4n) is 2.20. The van der Waals surface area contributed by atoms with Gasteiger partial charge in [-0.2, -0.15) is 0 Å². The molecule has 0 aliphatic heterocycles. The minimum Gasteiger partial charge on any atom is -0.388 e. The second-order valence-electron chi connectivity index (χ2n) is 4.76. The molecule has 3 aromatic rings. The van der Waals surface area contributed by atoms with Gasteiger partial charge >= 0.3 is 0 Å². The van der Waals surface area contributed by atoms with E-state index >= 15 is 0 Å². The lowest BCUT2D eigenvalue weighted by Gasteiger charge is -2.13. The summed E-state index contributed by atoms with van der Waals surface area (Å²) in [6, 6.07) is 11.3. The van der Waals surface area contributed by atoms with Crippen molar-refractivity contribution < 1.29 is 5.11 Å². The number of fused-ring (bicyclic) bond motifs is 1. The quantitative estimate of drug-likeness (QED) is 0.753. The van der Waals surface area contributed by atoms with Crippen LogP contribution in [0.3, 0.4) is 0 Å². The molecule has 2 aromatic carbocycles. The van der Waals surface area contributed by atoms with Crippen molar-refractivity contribution in [3.63, 3.8) is 0 Å². The zero-order valence-corrected chi connectivity index (χ0v) is 13.3. The van der Waals surface area contributed by atoms with Gasteiger partial charge in [0.1, 0.15) is 0 Å². The average Bonchev–Trinajstić information content (AvgIpc) is 2.49. The lowest BCUT2D eigenvalue weighted by atomic mass is 10.0. The first-order valence-electron chi connectivity index (χ1n) is 6.46. The molecule has 0 saturated heterocycles. The SMILES string of the molecule is OC(Cc1ccc(Br)cc1Cl)c1ccc2nccnc2c1. The molecule has 1 unspecified atom stereocenters. The lowest BCUT2D eigenvalue weighted by molar-refractivity contribution is 0.178. The normalized spacial score (nSPS) is 12.5. The molecule has 1 aromatic heterocycles.